The van der Waals surface area contributed by atoms with E-state index in [4.69, 9.17) is 20.0 Å². The molecule has 4 unspecified atom stereocenters. The molecule has 0 aliphatic rings. The maximum atomic E-state index is 11.1. The molecule has 0 aliphatic heterocycles. The van der Waals surface area contributed by atoms with Crippen LogP contribution in [0.3, 0.4) is 0 Å². The molecule has 0 aromatic carbocycles. The SMILES string of the molecule is COP(=O)(O)C(O)CO[P+](=O)OCC(O)P(=O)(O)OC. The Labute approximate surface area is 115 Å². The highest BCUT2D eigenvalue weighted by Crippen LogP contribution is 2.47. The summed E-state index contributed by atoms with van der Waals surface area (Å²) >= 11 is 0. The first-order chi connectivity index (χ1) is 9.06. The normalized spacial score (nSPS) is 21.6. The highest BCUT2D eigenvalue weighted by molar-refractivity contribution is 7.53. The molecular formula is C6H16O11P3+. The Kier molecular flexibility index (Phi) is 8.73. The molecule has 0 rings (SSSR count). The minimum absolute atomic E-state index is 0.839. The quantitative estimate of drug-likeness (QED) is 0.387. The largest absolute Gasteiger partial charge is 0.697 e. The van der Waals surface area contributed by atoms with Gasteiger partial charge in [-0.05, 0) is 0 Å². The lowest BCUT2D eigenvalue weighted by atomic mass is 10.8. The first-order valence-electron chi connectivity index (χ1n) is 4.92. The van der Waals surface area contributed by atoms with Crippen LogP contribution in [0.1, 0.15) is 0 Å². The van der Waals surface area contributed by atoms with E-state index >= 15 is 0 Å². The van der Waals surface area contributed by atoms with Crippen molar-refractivity contribution < 1.29 is 51.8 Å². The summed E-state index contributed by atoms with van der Waals surface area (Å²) in [5.74, 6) is -3.88. The van der Waals surface area contributed by atoms with Gasteiger partial charge in [-0.1, -0.05) is 0 Å². The predicted molar refractivity (Wildman–Crippen MR) is 65.2 cm³/mol. The summed E-state index contributed by atoms with van der Waals surface area (Å²) in [6.45, 7) is -1.68. The first kappa shape index (κ1) is 20.2. The zero-order valence-corrected chi connectivity index (χ0v) is 13.2. The molecular weight excluding hydrogens is 341 g/mol. The molecule has 120 valence electrons. The van der Waals surface area contributed by atoms with Crippen LogP contribution in [-0.4, -0.2) is 59.1 Å². The van der Waals surface area contributed by atoms with Crippen LogP contribution in [0, 0.1) is 0 Å². The Bertz CT molecular complexity index is 375. The van der Waals surface area contributed by atoms with E-state index in [0.717, 1.165) is 14.2 Å². The van der Waals surface area contributed by atoms with Crippen molar-refractivity contribution in [3.63, 3.8) is 0 Å². The van der Waals surface area contributed by atoms with Crippen molar-refractivity contribution in [3.05, 3.63) is 0 Å². The van der Waals surface area contributed by atoms with Gasteiger partial charge in [0.05, 0.1) is 0 Å². The maximum Gasteiger partial charge on any atom is 0.697 e. The Hall–Kier alpha value is 0.240. The molecule has 4 atom stereocenters. The Morgan fingerprint density at radius 1 is 0.950 bits per heavy atom. The highest BCUT2D eigenvalue weighted by Gasteiger charge is 2.36. The zero-order chi connectivity index (χ0) is 16.0. The van der Waals surface area contributed by atoms with E-state index in [-0.39, 0.29) is 0 Å². The molecule has 0 saturated carbocycles. The van der Waals surface area contributed by atoms with Crippen molar-refractivity contribution in [2.24, 2.45) is 0 Å². The van der Waals surface area contributed by atoms with Crippen molar-refractivity contribution in [1.82, 2.24) is 0 Å². The monoisotopic (exact) mass is 357 g/mol. The summed E-state index contributed by atoms with van der Waals surface area (Å²) in [4.78, 5) is 18.0. The van der Waals surface area contributed by atoms with Crippen molar-refractivity contribution in [3.8, 4) is 0 Å². The molecule has 20 heavy (non-hydrogen) atoms. The Balaban J connectivity index is 4.15. The zero-order valence-electron chi connectivity index (χ0n) is 10.6. The van der Waals surface area contributed by atoms with E-state index in [1.165, 1.54) is 0 Å². The van der Waals surface area contributed by atoms with Gasteiger partial charge in [-0.2, -0.15) is 0 Å². The van der Waals surface area contributed by atoms with Gasteiger partial charge in [-0.25, -0.2) is 0 Å². The molecule has 0 fully saturated rings. The second kappa shape index (κ2) is 8.63. The van der Waals surface area contributed by atoms with Gasteiger partial charge in [0.25, 0.3) is 0 Å². The third-order valence-corrected chi connectivity index (χ3v) is 5.51. The third-order valence-electron chi connectivity index (χ3n) is 1.93. The summed E-state index contributed by atoms with van der Waals surface area (Å²) in [7, 11) is -9.71. The maximum absolute atomic E-state index is 11.1. The topological polar surface area (TPSA) is 169 Å². The van der Waals surface area contributed by atoms with Gasteiger partial charge in [0, 0.05) is 18.8 Å². The molecule has 0 amide bonds. The van der Waals surface area contributed by atoms with Gasteiger partial charge in [0.2, 0.25) is 0 Å². The van der Waals surface area contributed by atoms with Crippen LogP contribution in [0.4, 0.5) is 0 Å². The third kappa shape index (κ3) is 6.80. The standard InChI is InChI=1S/C6H15O11P3/c1-14-19(10,11)5(7)3-16-18(9)17-4-6(8)20(12,13)15-2/h5-8H,3-4H2,1-2H3,(H-,10,11,12,13)/p+1. The molecule has 14 heteroatoms. The Morgan fingerprint density at radius 3 is 1.50 bits per heavy atom. The van der Waals surface area contributed by atoms with Crippen LogP contribution in [-0.2, 0) is 31.8 Å². The van der Waals surface area contributed by atoms with Crippen molar-refractivity contribution in [2.75, 3.05) is 27.4 Å². The Morgan fingerprint density at radius 2 is 1.25 bits per heavy atom. The summed E-state index contributed by atoms with van der Waals surface area (Å²) < 4.78 is 50.3. The molecule has 0 aliphatic carbocycles. The fourth-order valence-electron chi connectivity index (χ4n) is 0.724. The lowest BCUT2D eigenvalue weighted by molar-refractivity contribution is 0.103. The summed E-state index contributed by atoms with van der Waals surface area (Å²) in [6, 6.07) is 0. The molecule has 0 radical (unpaired) electrons. The molecule has 0 heterocycles. The number of rotatable bonds is 10. The van der Waals surface area contributed by atoms with Gasteiger partial charge in [0.15, 0.2) is 11.7 Å². The number of aliphatic hydroxyl groups excluding tert-OH is 2. The number of hydrogen-bond donors (Lipinski definition) is 4. The molecule has 11 nitrogen and oxygen atoms in total. The van der Waals surface area contributed by atoms with Crippen LogP contribution in [0.5, 0.6) is 0 Å². The second-order valence-electron chi connectivity index (χ2n) is 3.27. The molecule has 0 spiro atoms. The molecule has 0 bridgehead atoms. The van der Waals surface area contributed by atoms with E-state index in [2.05, 4.69) is 18.1 Å². The van der Waals surface area contributed by atoms with Crippen molar-refractivity contribution in [2.45, 2.75) is 11.7 Å². The fraction of sp³-hybridized carbons (Fsp3) is 1.00. The van der Waals surface area contributed by atoms with Crippen molar-refractivity contribution >= 4 is 23.4 Å². The van der Waals surface area contributed by atoms with Gasteiger partial charge in [-0.15, -0.1) is 9.05 Å². The van der Waals surface area contributed by atoms with E-state index in [9.17, 15) is 13.7 Å². The van der Waals surface area contributed by atoms with E-state index in [1.807, 2.05) is 0 Å². The van der Waals surface area contributed by atoms with Crippen LogP contribution in [0.2, 0.25) is 0 Å². The molecule has 0 aromatic rings. The smallest absolute Gasteiger partial charge is 0.378 e. The van der Waals surface area contributed by atoms with Gasteiger partial charge >= 0.3 is 23.4 Å². The van der Waals surface area contributed by atoms with Crippen LogP contribution in [0.15, 0.2) is 0 Å². The van der Waals surface area contributed by atoms with Gasteiger partial charge in [0.1, 0.15) is 13.2 Å². The van der Waals surface area contributed by atoms with Crippen LogP contribution in [0.25, 0.3) is 0 Å². The lowest BCUT2D eigenvalue weighted by Gasteiger charge is -2.13. The summed E-state index contributed by atoms with van der Waals surface area (Å²) in [6.07, 6.45) is 0. The highest BCUT2D eigenvalue weighted by atomic mass is 31.2. The van der Waals surface area contributed by atoms with E-state index in [0.29, 0.717) is 0 Å². The van der Waals surface area contributed by atoms with Crippen molar-refractivity contribution in [1.29, 1.82) is 0 Å². The van der Waals surface area contributed by atoms with Crippen LogP contribution < -0.4 is 0 Å². The van der Waals surface area contributed by atoms with E-state index < -0.39 is 48.4 Å². The fourth-order valence-corrected chi connectivity index (χ4v) is 2.57. The van der Waals surface area contributed by atoms with Crippen LogP contribution >= 0.6 is 23.4 Å². The number of aliphatic hydroxyl groups is 2. The first-order valence-corrected chi connectivity index (χ1v) is 9.31. The minimum Gasteiger partial charge on any atom is -0.378 e. The lowest BCUT2D eigenvalue weighted by Crippen LogP contribution is -2.16. The molecule has 0 saturated heterocycles. The molecule has 4 N–H and O–H groups in total. The number of hydrogen-bond acceptors (Lipinski definition) is 9. The average molecular weight is 357 g/mol. The van der Waals surface area contributed by atoms with E-state index in [1.54, 1.807) is 0 Å². The predicted octanol–water partition coefficient (Wildman–Crippen LogP) is -0.0226. The van der Waals surface area contributed by atoms with Gasteiger partial charge < -0.3 is 29.0 Å². The molecule has 0 aromatic heterocycles. The minimum atomic E-state index is -4.30. The van der Waals surface area contributed by atoms with Gasteiger partial charge in [-0.3, -0.25) is 9.13 Å². The summed E-state index contributed by atoms with van der Waals surface area (Å²) in [5.41, 5.74) is 0. The summed E-state index contributed by atoms with van der Waals surface area (Å²) in [5, 5.41) is 18.3. The second-order valence-corrected chi connectivity index (χ2v) is 8.41. The average Bonchev–Trinajstić information content (AvgIpc) is 2.41.